The van der Waals surface area contributed by atoms with Crippen LogP contribution >= 0.6 is 0 Å². The lowest BCUT2D eigenvalue weighted by Crippen LogP contribution is -2.32. The topological polar surface area (TPSA) is 109 Å². The number of ether oxygens (including phenoxy) is 2. The van der Waals surface area contributed by atoms with E-state index in [1.54, 1.807) is 30.3 Å². The van der Waals surface area contributed by atoms with Crippen LogP contribution in [0.25, 0.3) is 0 Å². The molecule has 2 aromatic rings. The molecule has 0 saturated carbocycles. The maximum Gasteiger partial charge on any atom is 0.329 e. The maximum atomic E-state index is 11.8. The summed E-state index contributed by atoms with van der Waals surface area (Å²) in [4.78, 5) is 23.6. The fraction of sp³-hybridized carbons (Fsp3) is 0.118. The largest absolute Gasteiger partial charge is 0.507 e. The zero-order valence-electron chi connectivity index (χ0n) is 13.6. The first-order valence-electron chi connectivity index (χ1n) is 7.19. The van der Waals surface area contributed by atoms with Crippen molar-refractivity contribution < 1.29 is 24.2 Å². The minimum Gasteiger partial charge on any atom is -0.507 e. The van der Waals surface area contributed by atoms with Crippen LogP contribution in [-0.4, -0.2) is 37.4 Å². The van der Waals surface area contributed by atoms with E-state index < -0.39 is 11.8 Å². The van der Waals surface area contributed by atoms with E-state index in [0.29, 0.717) is 22.7 Å². The van der Waals surface area contributed by atoms with Crippen LogP contribution < -0.4 is 20.2 Å². The van der Waals surface area contributed by atoms with Gasteiger partial charge in [-0.1, -0.05) is 6.07 Å². The highest BCUT2D eigenvalue weighted by atomic mass is 16.5. The molecular formula is C17H17N3O5. The Bertz CT molecular complexity index is 805. The van der Waals surface area contributed by atoms with E-state index in [-0.39, 0.29) is 5.75 Å². The molecule has 0 bridgehead atoms. The molecule has 2 aromatic carbocycles. The standard InChI is InChI=1S/C17H17N3O5/c1-24-13-5-3-4-12(9-13)19-16(22)17(23)20-18-10-11-8-14(25-2)6-7-15(11)21/h3-10,21H,1-2H3,(H,19,22)(H,20,23)/b18-10+. The van der Waals surface area contributed by atoms with Crippen molar-refractivity contribution in [3.05, 3.63) is 48.0 Å². The molecule has 0 fully saturated rings. The van der Waals surface area contributed by atoms with Gasteiger partial charge in [-0.2, -0.15) is 5.10 Å². The van der Waals surface area contributed by atoms with Gasteiger partial charge in [0.25, 0.3) is 0 Å². The lowest BCUT2D eigenvalue weighted by atomic mass is 10.2. The van der Waals surface area contributed by atoms with E-state index in [9.17, 15) is 14.7 Å². The van der Waals surface area contributed by atoms with Crippen LogP contribution in [0.2, 0.25) is 0 Å². The highest BCUT2D eigenvalue weighted by Gasteiger charge is 2.13. The van der Waals surface area contributed by atoms with Gasteiger partial charge in [0.15, 0.2) is 0 Å². The number of anilines is 1. The summed E-state index contributed by atoms with van der Waals surface area (Å²) in [6.45, 7) is 0. The van der Waals surface area contributed by atoms with E-state index in [2.05, 4.69) is 15.8 Å². The third kappa shape index (κ3) is 4.96. The maximum absolute atomic E-state index is 11.8. The van der Waals surface area contributed by atoms with Crippen molar-refractivity contribution in [2.75, 3.05) is 19.5 Å². The molecule has 0 atom stereocenters. The van der Waals surface area contributed by atoms with Crippen molar-refractivity contribution in [2.24, 2.45) is 5.10 Å². The van der Waals surface area contributed by atoms with Crippen LogP contribution in [0.4, 0.5) is 5.69 Å². The Kier molecular flexibility index (Phi) is 5.94. The number of aromatic hydroxyl groups is 1. The fourth-order valence-corrected chi connectivity index (χ4v) is 1.86. The third-order valence-electron chi connectivity index (χ3n) is 3.14. The highest BCUT2D eigenvalue weighted by molar-refractivity contribution is 6.39. The van der Waals surface area contributed by atoms with E-state index >= 15 is 0 Å². The van der Waals surface area contributed by atoms with Crippen LogP contribution in [0.5, 0.6) is 17.2 Å². The Morgan fingerprint density at radius 1 is 1.04 bits per heavy atom. The van der Waals surface area contributed by atoms with Gasteiger partial charge in [0.2, 0.25) is 0 Å². The molecule has 0 unspecified atom stereocenters. The summed E-state index contributed by atoms with van der Waals surface area (Å²) in [5.74, 6) is -0.826. The molecule has 3 N–H and O–H groups in total. The average Bonchev–Trinajstić information content (AvgIpc) is 2.63. The number of benzene rings is 2. The predicted octanol–water partition coefficient (Wildman–Crippen LogP) is 1.50. The number of carbonyl (C=O) groups is 2. The smallest absolute Gasteiger partial charge is 0.329 e. The molecule has 0 aliphatic heterocycles. The van der Waals surface area contributed by atoms with Gasteiger partial charge in [0, 0.05) is 17.3 Å². The predicted molar refractivity (Wildman–Crippen MR) is 92.0 cm³/mol. The summed E-state index contributed by atoms with van der Waals surface area (Å²) in [6, 6.07) is 11.1. The third-order valence-corrected chi connectivity index (χ3v) is 3.14. The van der Waals surface area contributed by atoms with Gasteiger partial charge in [-0.15, -0.1) is 0 Å². The Morgan fingerprint density at radius 2 is 1.76 bits per heavy atom. The number of hydrogen-bond acceptors (Lipinski definition) is 6. The molecule has 8 heteroatoms. The second-order valence-corrected chi connectivity index (χ2v) is 4.81. The Labute approximate surface area is 144 Å². The van der Waals surface area contributed by atoms with Crippen molar-refractivity contribution in [1.29, 1.82) is 0 Å². The van der Waals surface area contributed by atoms with E-state index in [0.717, 1.165) is 0 Å². The van der Waals surface area contributed by atoms with Crippen molar-refractivity contribution in [1.82, 2.24) is 5.43 Å². The summed E-state index contributed by atoms with van der Waals surface area (Å²) >= 11 is 0. The van der Waals surface area contributed by atoms with Gasteiger partial charge in [0.1, 0.15) is 17.2 Å². The summed E-state index contributed by atoms with van der Waals surface area (Å²) in [6.07, 6.45) is 1.20. The first kappa shape index (κ1) is 17.8. The first-order chi connectivity index (χ1) is 12.0. The zero-order chi connectivity index (χ0) is 18.2. The molecule has 130 valence electrons. The fourth-order valence-electron chi connectivity index (χ4n) is 1.86. The Morgan fingerprint density at radius 3 is 2.48 bits per heavy atom. The lowest BCUT2D eigenvalue weighted by molar-refractivity contribution is -0.136. The molecule has 0 saturated heterocycles. The average molecular weight is 343 g/mol. The number of hydrazone groups is 1. The molecule has 0 aliphatic rings. The van der Waals surface area contributed by atoms with Crippen molar-refractivity contribution >= 4 is 23.7 Å². The molecular weight excluding hydrogens is 326 g/mol. The highest BCUT2D eigenvalue weighted by Crippen LogP contribution is 2.21. The van der Waals surface area contributed by atoms with Gasteiger partial charge < -0.3 is 19.9 Å². The van der Waals surface area contributed by atoms with Crippen LogP contribution in [0.1, 0.15) is 5.56 Å². The van der Waals surface area contributed by atoms with Gasteiger partial charge in [-0.3, -0.25) is 9.59 Å². The molecule has 0 spiro atoms. The number of nitrogens with one attached hydrogen (secondary N) is 2. The number of phenolic OH excluding ortho intramolecular Hbond substituents is 1. The molecule has 0 heterocycles. The normalized spacial score (nSPS) is 10.3. The summed E-state index contributed by atoms with van der Waals surface area (Å²) in [5, 5.41) is 15.8. The molecule has 25 heavy (non-hydrogen) atoms. The van der Waals surface area contributed by atoms with Crippen LogP contribution in [0.3, 0.4) is 0 Å². The number of nitrogens with zero attached hydrogens (tertiary/aromatic N) is 1. The molecule has 2 amide bonds. The summed E-state index contributed by atoms with van der Waals surface area (Å²) in [5.41, 5.74) is 2.82. The minimum absolute atomic E-state index is 0.0420. The van der Waals surface area contributed by atoms with Crippen LogP contribution in [0, 0.1) is 0 Å². The number of rotatable bonds is 5. The summed E-state index contributed by atoms with van der Waals surface area (Å²) in [7, 11) is 2.98. The summed E-state index contributed by atoms with van der Waals surface area (Å²) < 4.78 is 10.1. The van der Waals surface area contributed by atoms with Crippen molar-refractivity contribution in [2.45, 2.75) is 0 Å². The molecule has 8 nitrogen and oxygen atoms in total. The zero-order valence-corrected chi connectivity index (χ0v) is 13.6. The number of phenols is 1. The first-order valence-corrected chi connectivity index (χ1v) is 7.19. The molecule has 2 rings (SSSR count). The molecule has 0 aromatic heterocycles. The molecule has 0 radical (unpaired) electrons. The second kappa shape index (κ2) is 8.34. The molecule has 0 aliphatic carbocycles. The lowest BCUT2D eigenvalue weighted by Gasteiger charge is -2.06. The van der Waals surface area contributed by atoms with Gasteiger partial charge in [0.05, 0.1) is 20.4 Å². The quantitative estimate of drug-likeness (QED) is 0.433. The minimum atomic E-state index is -0.957. The van der Waals surface area contributed by atoms with Crippen LogP contribution in [-0.2, 0) is 9.59 Å². The monoisotopic (exact) mass is 343 g/mol. The number of amides is 2. The van der Waals surface area contributed by atoms with E-state index in [4.69, 9.17) is 9.47 Å². The van der Waals surface area contributed by atoms with Crippen molar-refractivity contribution in [3.8, 4) is 17.2 Å². The van der Waals surface area contributed by atoms with Gasteiger partial charge in [-0.05, 0) is 30.3 Å². The van der Waals surface area contributed by atoms with Gasteiger partial charge >= 0.3 is 11.8 Å². The SMILES string of the molecule is COc1cccc(NC(=O)C(=O)N/N=C/c2cc(OC)ccc2O)c1. The van der Waals surface area contributed by atoms with E-state index in [1.807, 2.05) is 0 Å². The number of carbonyl (C=O) groups excluding carboxylic acids is 2. The van der Waals surface area contributed by atoms with Gasteiger partial charge in [-0.25, -0.2) is 5.43 Å². The number of hydrogen-bond donors (Lipinski definition) is 3. The van der Waals surface area contributed by atoms with Crippen LogP contribution in [0.15, 0.2) is 47.6 Å². The number of methoxy groups -OCH3 is 2. The van der Waals surface area contributed by atoms with E-state index in [1.165, 1.54) is 32.6 Å². The second-order valence-electron chi connectivity index (χ2n) is 4.81. The Balaban J connectivity index is 1.96. The van der Waals surface area contributed by atoms with Crippen molar-refractivity contribution in [3.63, 3.8) is 0 Å². The Hall–Kier alpha value is -3.55.